The highest BCUT2D eigenvalue weighted by Crippen LogP contribution is 2.29. The maximum absolute atomic E-state index is 12.1. The van der Waals surface area contributed by atoms with Crippen LogP contribution in [0.15, 0.2) is 30.3 Å². The molecule has 1 fully saturated rings. The zero-order valence-electron chi connectivity index (χ0n) is 19.8. The van der Waals surface area contributed by atoms with Crippen LogP contribution in [0.3, 0.4) is 0 Å². The monoisotopic (exact) mass is 481 g/mol. The molecule has 1 saturated heterocycles. The number of rotatable bonds is 10. The second-order valence-electron chi connectivity index (χ2n) is 7.71. The lowest BCUT2D eigenvalue weighted by molar-refractivity contribution is -0.288. The van der Waals surface area contributed by atoms with Crippen LogP contribution in [0.25, 0.3) is 0 Å². The van der Waals surface area contributed by atoms with Gasteiger partial charge in [-0.3, -0.25) is 14.4 Å². The SMILES string of the molecule is COC(=O)[C@@H](C)O[C@@H]1[C@@H](NC(C)=O)[C@@H](OCc2ccccc2)O[C@H](COC(C)=O)[C@H]1OC(C)=O. The third kappa shape index (κ3) is 8.08. The fourth-order valence-corrected chi connectivity index (χ4v) is 3.47. The van der Waals surface area contributed by atoms with Crippen molar-refractivity contribution in [1.29, 1.82) is 0 Å². The standard InChI is InChI=1S/C23H31NO10/c1-13(22(28)29-5)32-21-19(24-14(2)25)23(31-11-17-9-7-6-8-10-17)34-18(12-30-15(3)26)20(21)33-16(4)27/h6-10,13,18-21,23H,11-12H2,1-5H3,(H,24,25)/t13-,18-,19-,20-,21-,23+/m1/s1. The highest BCUT2D eigenvalue weighted by molar-refractivity contribution is 5.74. The molecule has 0 radical (unpaired) electrons. The molecular formula is C23H31NO10. The van der Waals surface area contributed by atoms with E-state index in [1.807, 2.05) is 30.3 Å². The molecule has 11 heteroatoms. The summed E-state index contributed by atoms with van der Waals surface area (Å²) in [5, 5.41) is 2.70. The van der Waals surface area contributed by atoms with Crippen LogP contribution in [-0.4, -0.2) is 74.3 Å². The minimum atomic E-state index is -1.14. The Bertz CT molecular complexity index is 845. The molecule has 1 heterocycles. The molecular weight excluding hydrogens is 450 g/mol. The Hall–Kier alpha value is -3.02. The zero-order chi connectivity index (χ0) is 25.3. The van der Waals surface area contributed by atoms with Gasteiger partial charge in [0.15, 0.2) is 18.5 Å². The highest BCUT2D eigenvalue weighted by atomic mass is 16.7. The number of hydrogen-bond acceptors (Lipinski definition) is 10. The van der Waals surface area contributed by atoms with Crippen molar-refractivity contribution < 1.29 is 47.6 Å². The average molecular weight is 481 g/mol. The fraction of sp³-hybridized carbons (Fsp3) is 0.565. The smallest absolute Gasteiger partial charge is 0.334 e. The first kappa shape index (κ1) is 27.2. The third-order valence-corrected chi connectivity index (χ3v) is 4.92. The summed E-state index contributed by atoms with van der Waals surface area (Å²) in [6.45, 7) is 5.01. The third-order valence-electron chi connectivity index (χ3n) is 4.92. The number of benzene rings is 1. The van der Waals surface area contributed by atoms with Gasteiger partial charge in [-0.2, -0.15) is 0 Å². The van der Waals surface area contributed by atoms with Crippen molar-refractivity contribution in [3.05, 3.63) is 35.9 Å². The fourth-order valence-electron chi connectivity index (χ4n) is 3.47. The van der Waals surface area contributed by atoms with Crippen molar-refractivity contribution >= 4 is 23.8 Å². The number of hydrogen-bond donors (Lipinski definition) is 1. The average Bonchev–Trinajstić information content (AvgIpc) is 2.78. The largest absolute Gasteiger partial charge is 0.467 e. The van der Waals surface area contributed by atoms with E-state index in [4.69, 9.17) is 28.4 Å². The topological polar surface area (TPSA) is 136 Å². The summed E-state index contributed by atoms with van der Waals surface area (Å²) in [6.07, 6.45) is -5.42. The molecule has 1 aromatic carbocycles. The lowest BCUT2D eigenvalue weighted by atomic mass is 9.95. The Morgan fingerprint density at radius 2 is 1.71 bits per heavy atom. The number of methoxy groups -OCH3 is 1. The van der Waals surface area contributed by atoms with Crippen LogP contribution >= 0.6 is 0 Å². The van der Waals surface area contributed by atoms with Crippen LogP contribution in [0.4, 0.5) is 0 Å². The van der Waals surface area contributed by atoms with E-state index in [-0.39, 0.29) is 13.2 Å². The van der Waals surface area contributed by atoms with Crippen LogP contribution < -0.4 is 5.32 Å². The Kier molecular flexibility index (Phi) is 10.4. The lowest BCUT2D eigenvalue weighted by Crippen LogP contribution is -2.67. The van der Waals surface area contributed by atoms with Gasteiger partial charge in [0.25, 0.3) is 0 Å². The quantitative estimate of drug-likeness (QED) is 0.379. The van der Waals surface area contributed by atoms with Gasteiger partial charge in [-0.1, -0.05) is 30.3 Å². The van der Waals surface area contributed by atoms with Gasteiger partial charge in [0.05, 0.1) is 13.7 Å². The van der Waals surface area contributed by atoms with E-state index in [0.29, 0.717) is 0 Å². The molecule has 6 atom stereocenters. The van der Waals surface area contributed by atoms with E-state index in [1.54, 1.807) is 0 Å². The van der Waals surface area contributed by atoms with E-state index in [0.717, 1.165) is 5.56 Å². The Labute approximate surface area is 198 Å². The van der Waals surface area contributed by atoms with E-state index in [1.165, 1.54) is 34.8 Å². The minimum absolute atomic E-state index is 0.124. The van der Waals surface area contributed by atoms with Gasteiger partial charge in [0.2, 0.25) is 5.91 Å². The molecule has 188 valence electrons. The molecule has 1 aromatic rings. The summed E-state index contributed by atoms with van der Waals surface area (Å²) in [7, 11) is 1.20. The maximum atomic E-state index is 12.1. The molecule has 0 bridgehead atoms. The van der Waals surface area contributed by atoms with Crippen molar-refractivity contribution in [1.82, 2.24) is 5.32 Å². The summed E-state index contributed by atoms with van der Waals surface area (Å²) in [5.41, 5.74) is 0.840. The predicted molar refractivity (Wildman–Crippen MR) is 116 cm³/mol. The first-order chi connectivity index (χ1) is 16.1. The van der Waals surface area contributed by atoms with E-state index in [2.05, 4.69) is 5.32 Å². The zero-order valence-corrected chi connectivity index (χ0v) is 19.8. The number of ether oxygens (including phenoxy) is 6. The second-order valence-corrected chi connectivity index (χ2v) is 7.71. The van der Waals surface area contributed by atoms with E-state index >= 15 is 0 Å². The molecule has 0 spiro atoms. The number of amides is 1. The number of nitrogens with one attached hydrogen (secondary N) is 1. The maximum Gasteiger partial charge on any atom is 0.334 e. The molecule has 0 unspecified atom stereocenters. The summed E-state index contributed by atoms with van der Waals surface area (Å²) in [5.74, 6) is -2.34. The second kappa shape index (κ2) is 13.0. The molecule has 1 aliphatic rings. The van der Waals surface area contributed by atoms with E-state index in [9.17, 15) is 19.2 Å². The van der Waals surface area contributed by atoms with Crippen LogP contribution in [0.1, 0.15) is 33.3 Å². The van der Waals surface area contributed by atoms with Gasteiger partial charge < -0.3 is 33.7 Å². The van der Waals surface area contributed by atoms with Gasteiger partial charge in [-0.25, -0.2) is 4.79 Å². The van der Waals surface area contributed by atoms with Crippen molar-refractivity contribution in [3.63, 3.8) is 0 Å². The molecule has 2 rings (SSSR count). The molecule has 1 N–H and O–H groups in total. The van der Waals surface area contributed by atoms with Crippen molar-refractivity contribution in [2.24, 2.45) is 0 Å². The molecule has 0 saturated carbocycles. The Balaban J connectivity index is 2.41. The van der Waals surface area contributed by atoms with Crippen molar-refractivity contribution in [2.75, 3.05) is 13.7 Å². The molecule has 34 heavy (non-hydrogen) atoms. The number of carbonyl (C=O) groups excluding carboxylic acids is 4. The molecule has 0 aromatic heterocycles. The van der Waals surface area contributed by atoms with Crippen LogP contribution in [-0.2, 0) is 54.2 Å². The lowest BCUT2D eigenvalue weighted by Gasteiger charge is -2.46. The van der Waals surface area contributed by atoms with Gasteiger partial charge in [-0.15, -0.1) is 0 Å². The van der Waals surface area contributed by atoms with Gasteiger partial charge >= 0.3 is 17.9 Å². The van der Waals surface area contributed by atoms with Crippen LogP contribution in [0.5, 0.6) is 0 Å². The number of esters is 3. The molecule has 11 nitrogen and oxygen atoms in total. The molecule has 1 amide bonds. The van der Waals surface area contributed by atoms with Crippen molar-refractivity contribution in [3.8, 4) is 0 Å². The minimum Gasteiger partial charge on any atom is -0.467 e. The van der Waals surface area contributed by atoms with Gasteiger partial charge in [-0.05, 0) is 12.5 Å². The molecule has 0 aliphatic carbocycles. The Morgan fingerprint density at radius 3 is 2.26 bits per heavy atom. The summed E-state index contributed by atoms with van der Waals surface area (Å²) < 4.78 is 33.2. The van der Waals surface area contributed by atoms with Crippen LogP contribution in [0, 0.1) is 0 Å². The summed E-state index contributed by atoms with van der Waals surface area (Å²) in [6, 6.07) is 8.26. The summed E-state index contributed by atoms with van der Waals surface area (Å²) >= 11 is 0. The summed E-state index contributed by atoms with van der Waals surface area (Å²) in [4.78, 5) is 47.4. The number of carbonyl (C=O) groups is 4. The Morgan fingerprint density at radius 1 is 1.03 bits per heavy atom. The van der Waals surface area contributed by atoms with Gasteiger partial charge in [0.1, 0.15) is 24.9 Å². The van der Waals surface area contributed by atoms with E-state index < -0.39 is 60.6 Å². The van der Waals surface area contributed by atoms with Gasteiger partial charge in [0, 0.05) is 20.8 Å². The molecule has 1 aliphatic heterocycles. The predicted octanol–water partition coefficient (Wildman–Crippen LogP) is 0.874. The van der Waals surface area contributed by atoms with Crippen molar-refractivity contribution in [2.45, 2.75) is 71.0 Å². The highest BCUT2D eigenvalue weighted by Gasteiger charge is 2.51. The normalized spacial score (nSPS) is 25.0. The first-order valence-electron chi connectivity index (χ1n) is 10.7. The first-order valence-corrected chi connectivity index (χ1v) is 10.7. The van der Waals surface area contributed by atoms with Crippen LogP contribution in [0.2, 0.25) is 0 Å².